The molecule has 158 valence electrons. The minimum absolute atomic E-state index is 0.252. The number of allylic oxidation sites excluding steroid dienone is 1. The van der Waals surface area contributed by atoms with Crippen LogP contribution in [0.15, 0.2) is 53.9 Å². The Morgan fingerprint density at radius 2 is 1.90 bits per heavy atom. The molecule has 30 heavy (non-hydrogen) atoms. The molecule has 1 atom stereocenters. The molecule has 0 spiro atoms. The van der Waals surface area contributed by atoms with Crippen LogP contribution in [-0.4, -0.2) is 44.0 Å². The second-order valence-corrected chi connectivity index (χ2v) is 8.41. The maximum absolute atomic E-state index is 12.6. The molecule has 0 saturated carbocycles. The van der Waals surface area contributed by atoms with Crippen LogP contribution in [0.2, 0.25) is 0 Å². The van der Waals surface area contributed by atoms with Gasteiger partial charge in [0, 0.05) is 29.6 Å². The van der Waals surface area contributed by atoms with Gasteiger partial charge in [0.15, 0.2) is 0 Å². The number of nitrogens with zero attached hydrogens (tertiary/aromatic N) is 1. The van der Waals surface area contributed by atoms with Crippen LogP contribution in [0.4, 0.5) is 21.9 Å². The fourth-order valence-electron chi connectivity index (χ4n) is 2.95. The van der Waals surface area contributed by atoms with Crippen LogP contribution in [0.1, 0.15) is 27.6 Å². The summed E-state index contributed by atoms with van der Waals surface area (Å²) < 4.78 is 0. The van der Waals surface area contributed by atoms with Crippen LogP contribution >= 0.6 is 11.8 Å². The fourth-order valence-corrected chi connectivity index (χ4v) is 3.89. The van der Waals surface area contributed by atoms with Gasteiger partial charge in [0.1, 0.15) is 0 Å². The van der Waals surface area contributed by atoms with Crippen molar-refractivity contribution in [3.8, 4) is 0 Å². The van der Waals surface area contributed by atoms with Gasteiger partial charge in [0.25, 0.3) is 5.91 Å². The van der Waals surface area contributed by atoms with Gasteiger partial charge in [-0.2, -0.15) is 0 Å². The highest BCUT2D eigenvalue weighted by molar-refractivity contribution is 8.02. The molecular weight excluding hydrogens is 398 g/mol. The summed E-state index contributed by atoms with van der Waals surface area (Å²) >= 11 is 1.76. The summed E-state index contributed by atoms with van der Waals surface area (Å²) in [6.45, 7) is 1.31. The Bertz CT molecular complexity index is 920. The molecule has 1 aliphatic heterocycles. The number of amides is 3. The number of nitrogens with one attached hydrogen (secondary N) is 3. The fraction of sp³-hybridized carbons (Fsp3) is 0.273. The first-order valence-electron chi connectivity index (χ1n) is 9.73. The molecule has 5 N–H and O–H groups in total. The summed E-state index contributed by atoms with van der Waals surface area (Å²) in [5.74, 6) is -0.252. The molecule has 8 heteroatoms. The van der Waals surface area contributed by atoms with Gasteiger partial charge in [0.05, 0.1) is 11.4 Å². The van der Waals surface area contributed by atoms with E-state index in [0.29, 0.717) is 34.4 Å². The maximum Gasteiger partial charge on any atom is 0.319 e. The minimum Gasteiger partial charge on any atom is -0.397 e. The molecule has 3 rings (SSSR count). The van der Waals surface area contributed by atoms with Crippen molar-refractivity contribution in [1.82, 2.24) is 10.2 Å². The van der Waals surface area contributed by atoms with Crippen molar-refractivity contribution in [2.24, 2.45) is 0 Å². The van der Waals surface area contributed by atoms with E-state index in [9.17, 15) is 9.59 Å². The standard InChI is InChI=1S/C22H27N5O2S/c1-27(2)12-11-24-22(29)25-17-8-5-15(6-9-17)21(28)26-19-14-16(7-10-18(19)23)20-4-3-13-30-20/h3,5-10,13-14,20H,4,11-12,23H2,1-2H3,(H,26,28)(H2,24,25,29). The van der Waals surface area contributed by atoms with Gasteiger partial charge in [-0.3, -0.25) is 4.79 Å². The average Bonchev–Trinajstić information content (AvgIpc) is 3.24. The van der Waals surface area contributed by atoms with Crippen molar-refractivity contribution in [1.29, 1.82) is 0 Å². The quantitative estimate of drug-likeness (QED) is 0.504. The van der Waals surface area contributed by atoms with Gasteiger partial charge in [-0.15, -0.1) is 11.8 Å². The first kappa shape index (κ1) is 21.7. The van der Waals surface area contributed by atoms with Crippen LogP contribution < -0.4 is 21.7 Å². The van der Waals surface area contributed by atoms with E-state index in [2.05, 4.69) is 27.4 Å². The molecule has 3 amide bonds. The molecular formula is C22H27N5O2S. The smallest absolute Gasteiger partial charge is 0.319 e. The summed E-state index contributed by atoms with van der Waals surface area (Å²) in [6, 6.07) is 12.2. The largest absolute Gasteiger partial charge is 0.397 e. The Balaban J connectivity index is 1.58. The molecule has 1 heterocycles. The molecule has 0 aliphatic carbocycles. The lowest BCUT2D eigenvalue weighted by molar-refractivity contribution is 0.102. The summed E-state index contributed by atoms with van der Waals surface area (Å²) in [4.78, 5) is 26.5. The van der Waals surface area contributed by atoms with Crippen molar-refractivity contribution in [3.63, 3.8) is 0 Å². The van der Waals surface area contributed by atoms with Gasteiger partial charge in [-0.1, -0.05) is 12.1 Å². The normalized spacial score (nSPS) is 15.2. The van der Waals surface area contributed by atoms with Crippen LogP contribution in [0.3, 0.4) is 0 Å². The number of anilines is 3. The number of nitrogen functional groups attached to an aromatic ring is 1. The van der Waals surface area contributed by atoms with Gasteiger partial charge < -0.3 is 26.6 Å². The zero-order valence-corrected chi connectivity index (χ0v) is 18.0. The number of nitrogens with two attached hydrogens (primary N) is 1. The summed E-state index contributed by atoms with van der Waals surface area (Å²) in [5, 5.41) is 10.9. The van der Waals surface area contributed by atoms with Crippen molar-refractivity contribution in [2.75, 3.05) is 43.6 Å². The molecule has 0 saturated heterocycles. The highest BCUT2D eigenvalue weighted by Gasteiger charge is 2.16. The number of benzene rings is 2. The van der Waals surface area contributed by atoms with Crippen molar-refractivity contribution in [2.45, 2.75) is 11.7 Å². The van der Waals surface area contributed by atoms with Crippen molar-refractivity contribution >= 4 is 40.8 Å². The number of urea groups is 1. The molecule has 0 radical (unpaired) electrons. The lowest BCUT2D eigenvalue weighted by Crippen LogP contribution is -2.34. The molecule has 0 bridgehead atoms. The molecule has 2 aromatic carbocycles. The molecule has 0 fully saturated rings. The van der Waals surface area contributed by atoms with Gasteiger partial charge >= 0.3 is 6.03 Å². The topological polar surface area (TPSA) is 99.5 Å². The van der Waals surface area contributed by atoms with E-state index in [1.807, 2.05) is 37.2 Å². The Hall–Kier alpha value is -2.97. The maximum atomic E-state index is 12.6. The summed E-state index contributed by atoms with van der Waals surface area (Å²) in [7, 11) is 3.89. The third kappa shape index (κ3) is 6.01. The zero-order valence-electron chi connectivity index (χ0n) is 17.1. The average molecular weight is 426 g/mol. The Morgan fingerprint density at radius 1 is 1.13 bits per heavy atom. The Kier molecular flexibility index (Phi) is 7.37. The highest BCUT2D eigenvalue weighted by Crippen LogP contribution is 2.39. The lowest BCUT2D eigenvalue weighted by Gasteiger charge is -2.14. The van der Waals surface area contributed by atoms with E-state index >= 15 is 0 Å². The number of hydrogen-bond donors (Lipinski definition) is 4. The van der Waals surface area contributed by atoms with Crippen molar-refractivity contribution in [3.05, 3.63) is 65.1 Å². The monoisotopic (exact) mass is 425 g/mol. The number of hydrogen-bond acceptors (Lipinski definition) is 5. The van der Waals surface area contributed by atoms with E-state index in [1.165, 1.54) is 0 Å². The predicted octanol–water partition coefficient (Wildman–Crippen LogP) is 3.90. The highest BCUT2D eigenvalue weighted by atomic mass is 32.2. The Labute approximate surface area is 181 Å². The van der Waals surface area contributed by atoms with Crippen LogP contribution in [0.5, 0.6) is 0 Å². The number of carbonyl (C=O) groups excluding carboxylic acids is 2. The third-order valence-electron chi connectivity index (χ3n) is 4.64. The first-order valence-corrected chi connectivity index (χ1v) is 10.7. The van der Waals surface area contributed by atoms with Crippen LogP contribution in [-0.2, 0) is 0 Å². The first-order chi connectivity index (χ1) is 14.4. The second kappa shape index (κ2) is 10.2. The lowest BCUT2D eigenvalue weighted by atomic mass is 10.1. The third-order valence-corrected chi connectivity index (χ3v) is 5.78. The predicted molar refractivity (Wildman–Crippen MR) is 125 cm³/mol. The molecule has 1 unspecified atom stereocenters. The van der Waals surface area contributed by atoms with E-state index < -0.39 is 0 Å². The number of likely N-dealkylation sites (N-methyl/N-ethyl adjacent to an activating group) is 1. The second-order valence-electron chi connectivity index (χ2n) is 7.29. The molecule has 7 nitrogen and oxygen atoms in total. The zero-order chi connectivity index (χ0) is 21.5. The summed E-state index contributed by atoms with van der Waals surface area (Å²) in [5.41, 5.74) is 9.41. The molecule has 1 aliphatic rings. The minimum atomic E-state index is -0.280. The molecule has 2 aromatic rings. The summed E-state index contributed by atoms with van der Waals surface area (Å²) in [6.07, 6.45) is 3.11. The van der Waals surface area contributed by atoms with E-state index in [-0.39, 0.29) is 11.9 Å². The van der Waals surface area contributed by atoms with Gasteiger partial charge in [-0.25, -0.2) is 4.79 Å². The number of thioether (sulfide) groups is 1. The SMILES string of the molecule is CN(C)CCNC(=O)Nc1ccc(C(=O)Nc2cc(C3CC=CS3)ccc2N)cc1. The number of rotatable bonds is 7. The van der Waals surface area contributed by atoms with E-state index in [4.69, 9.17) is 5.73 Å². The van der Waals surface area contributed by atoms with E-state index in [0.717, 1.165) is 18.5 Å². The Morgan fingerprint density at radius 3 is 2.57 bits per heavy atom. The van der Waals surface area contributed by atoms with Crippen LogP contribution in [0.25, 0.3) is 0 Å². The number of carbonyl (C=O) groups is 2. The van der Waals surface area contributed by atoms with Crippen molar-refractivity contribution < 1.29 is 9.59 Å². The molecule has 0 aromatic heterocycles. The van der Waals surface area contributed by atoms with Crippen LogP contribution in [0, 0.1) is 0 Å². The van der Waals surface area contributed by atoms with E-state index in [1.54, 1.807) is 36.0 Å². The van der Waals surface area contributed by atoms with Gasteiger partial charge in [-0.05, 0) is 67.9 Å². The van der Waals surface area contributed by atoms with Gasteiger partial charge in [0.2, 0.25) is 0 Å².